The monoisotopic (exact) mass is 596 g/mol. The van der Waals surface area contributed by atoms with Crippen molar-refractivity contribution in [3.05, 3.63) is 107 Å². The van der Waals surface area contributed by atoms with Crippen LogP contribution in [0.15, 0.2) is 90.0 Å². The second-order valence-corrected chi connectivity index (χ2v) is 10.1. The fourth-order valence-corrected chi connectivity index (χ4v) is 4.76. The van der Waals surface area contributed by atoms with Gasteiger partial charge in [-0.05, 0) is 72.3 Å². The Bertz CT molecular complexity index is 1830. The number of fused-ring (bicyclic) bond motifs is 1. The number of H-pyrrole nitrogens is 1. The summed E-state index contributed by atoms with van der Waals surface area (Å²) in [5, 5.41) is 5.54. The largest absolute Gasteiger partial charge is 0.497 e. The number of aromatic nitrogens is 1. The fraction of sp³-hybridized carbons (Fsp3) is 0.121. The van der Waals surface area contributed by atoms with Gasteiger partial charge in [-0.15, -0.1) is 0 Å². The maximum Gasteiger partial charge on any atom is 0.343 e. The molecule has 0 aliphatic carbocycles. The lowest BCUT2D eigenvalue weighted by molar-refractivity contribution is 0.0729. The second kappa shape index (κ2) is 12.7. The number of aromatic amines is 1. The maximum atomic E-state index is 13.4. The molecule has 0 aliphatic rings. The summed E-state index contributed by atoms with van der Waals surface area (Å²) in [7, 11) is 6.93. The van der Waals surface area contributed by atoms with Crippen molar-refractivity contribution in [2.75, 3.05) is 33.2 Å². The molecule has 1 heterocycles. The molecule has 1 amide bonds. The number of nitrogens with zero attached hydrogens (tertiary/aromatic N) is 2. The van der Waals surface area contributed by atoms with Gasteiger partial charge in [0.25, 0.3) is 5.91 Å². The number of ether oxygens (including phenoxy) is 3. The van der Waals surface area contributed by atoms with Crippen molar-refractivity contribution >= 4 is 46.3 Å². The lowest BCUT2D eigenvalue weighted by Gasteiger charge is -2.13. The van der Waals surface area contributed by atoms with Crippen LogP contribution in [-0.2, 0) is 0 Å². The number of esters is 1. The topological polar surface area (TPSA) is 105 Å². The Labute approximate surface area is 253 Å². The number of methoxy groups -OCH3 is 2. The van der Waals surface area contributed by atoms with Crippen LogP contribution >= 0.6 is 11.6 Å². The number of rotatable bonds is 9. The van der Waals surface area contributed by atoms with Gasteiger partial charge in [-0.25, -0.2) is 10.2 Å². The van der Waals surface area contributed by atoms with Crippen molar-refractivity contribution in [1.82, 2.24) is 10.4 Å². The zero-order chi connectivity index (χ0) is 30.5. The zero-order valence-corrected chi connectivity index (χ0v) is 24.7. The number of anilines is 1. The molecule has 0 fully saturated rings. The van der Waals surface area contributed by atoms with E-state index < -0.39 is 11.9 Å². The standard InChI is InChI=1S/C33H29ClN4O5/c1-38(2)22-12-15-27-25(18-22)30(24-7-5-6-8-26(24)34)31(36-27)32(39)37-35-19-20-9-16-28(29(17-20)42-4)43-33(40)21-10-13-23(41-3)14-11-21/h5-19,36H,1-4H3,(H,37,39). The predicted octanol–water partition coefficient (Wildman–Crippen LogP) is 6.55. The number of hydrazone groups is 1. The van der Waals surface area contributed by atoms with Crippen molar-refractivity contribution in [3.63, 3.8) is 0 Å². The summed E-state index contributed by atoms with van der Waals surface area (Å²) in [6.45, 7) is 0. The van der Waals surface area contributed by atoms with E-state index in [0.717, 1.165) is 22.2 Å². The molecule has 4 aromatic carbocycles. The van der Waals surface area contributed by atoms with Gasteiger partial charge in [-0.3, -0.25) is 4.79 Å². The molecule has 0 bridgehead atoms. The molecule has 10 heteroatoms. The molecule has 5 rings (SSSR count). The van der Waals surface area contributed by atoms with Crippen molar-refractivity contribution in [1.29, 1.82) is 0 Å². The minimum Gasteiger partial charge on any atom is -0.497 e. The highest BCUT2D eigenvalue weighted by Gasteiger charge is 2.21. The van der Waals surface area contributed by atoms with Crippen LogP contribution in [-0.4, -0.2) is 51.4 Å². The molecule has 1 aromatic heterocycles. The summed E-state index contributed by atoms with van der Waals surface area (Å²) in [5.41, 5.74) is 7.09. The first kappa shape index (κ1) is 29.2. The highest BCUT2D eigenvalue weighted by molar-refractivity contribution is 6.34. The van der Waals surface area contributed by atoms with Gasteiger partial charge < -0.3 is 24.1 Å². The van der Waals surface area contributed by atoms with Gasteiger partial charge in [0.1, 0.15) is 11.4 Å². The number of carbonyl (C=O) groups is 2. The van der Waals surface area contributed by atoms with Gasteiger partial charge in [0.05, 0.1) is 26.0 Å². The molecule has 218 valence electrons. The van der Waals surface area contributed by atoms with E-state index in [0.29, 0.717) is 38.9 Å². The van der Waals surface area contributed by atoms with E-state index in [9.17, 15) is 9.59 Å². The fourth-order valence-electron chi connectivity index (χ4n) is 4.53. The highest BCUT2D eigenvalue weighted by atomic mass is 35.5. The molecule has 5 aromatic rings. The van der Waals surface area contributed by atoms with Crippen molar-refractivity contribution in [2.45, 2.75) is 0 Å². The van der Waals surface area contributed by atoms with Crippen LogP contribution in [0.2, 0.25) is 5.02 Å². The van der Waals surface area contributed by atoms with Gasteiger partial charge in [0.2, 0.25) is 0 Å². The molecule has 0 saturated heterocycles. The number of amides is 1. The van der Waals surface area contributed by atoms with Crippen LogP contribution in [0.1, 0.15) is 26.4 Å². The Balaban J connectivity index is 1.37. The number of carbonyl (C=O) groups excluding carboxylic acids is 2. The molecule has 0 spiro atoms. The molecule has 0 saturated carbocycles. The summed E-state index contributed by atoms with van der Waals surface area (Å²) in [6, 6.07) is 24.8. The quantitative estimate of drug-likeness (QED) is 0.0865. The van der Waals surface area contributed by atoms with E-state index in [1.54, 1.807) is 55.6 Å². The van der Waals surface area contributed by atoms with Crippen LogP contribution < -0.4 is 24.5 Å². The molecule has 2 N–H and O–H groups in total. The third-order valence-electron chi connectivity index (χ3n) is 6.76. The molecular formula is C33H29ClN4O5. The van der Waals surface area contributed by atoms with E-state index in [1.165, 1.54) is 13.3 Å². The summed E-state index contributed by atoms with van der Waals surface area (Å²) < 4.78 is 16.1. The third kappa shape index (κ3) is 6.32. The number of benzene rings is 4. The smallest absolute Gasteiger partial charge is 0.343 e. The second-order valence-electron chi connectivity index (χ2n) is 9.71. The van der Waals surface area contributed by atoms with Crippen LogP contribution in [0, 0.1) is 0 Å². The van der Waals surface area contributed by atoms with Gasteiger partial charge in [0.15, 0.2) is 11.5 Å². The number of hydrogen-bond acceptors (Lipinski definition) is 7. The van der Waals surface area contributed by atoms with Gasteiger partial charge >= 0.3 is 5.97 Å². The maximum absolute atomic E-state index is 13.4. The van der Waals surface area contributed by atoms with Gasteiger partial charge in [-0.1, -0.05) is 29.8 Å². The summed E-state index contributed by atoms with van der Waals surface area (Å²) in [5.74, 6) is 0.216. The minimum atomic E-state index is -0.542. The molecule has 0 aliphatic heterocycles. The van der Waals surface area contributed by atoms with Crippen LogP contribution in [0.5, 0.6) is 17.2 Å². The Kier molecular flexibility index (Phi) is 8.64. The number of halogens is 1. The van der Waals surface area contributed by atoms with Gasteiger partial charge in [0, 0.05) is 46.8 Å². The van der Waals surface area contributed by atoms with Crippen molar-refractivity contribution < 1.29 is 23.8 Å². The van der Waals surface area contributed by atoms with Crippen LogP contribution in [0.25, 0.3) is 22.0 Å². The Hall–Kier alpha value is -5.28. The first-order valence-corrected chi connectivity index (χ1v) is 13.6. The van der Waals surface area contributed by atoms with Crippen LogP contribution in [0.4, 0.5) is 5.69 Å². The van der Waals surface area contributed by atoms with Crippen molar-refractivity contribution in [2.24, 2.45) is 5.10 Å². The SMILES string of the molecule is COc1ccc(C(=O)Oc2ccc(C=NNC(=O)c3[nH]c4ccc(N(C)C)cc4c3-c3ccccc3Cl)cc2OC)cc1. The molecule has 0 atom stereocenters. The summed E-state index contributed by atoms with van der Waals surface area (Å²) in [6.07, 6.45) is 1.47. The van der Waals surface area contributed by atoms with E-state index >= 15 is 0 Å². The summed E-state index contributed by atoms with van der Waals surface area (Å²) >= 11 is 6.57. The highest BCUT2D eigenvalue weighted by Crippen LogP contribution is 2.38. The van der Waals surface area contributed by atoms with E-state index in [2.05, 4.69) is 15.5 Å². The average molecular weight is 597 g/mol. The molecular weight excluding hydrogens is 568 g/mol. The predicted molar refractivity (Wildman–Crippen MR) is 169 cm³/mol. The summed E-state index contributed by atoms with van der Waals surface area (Å²) in [4.78, 5) is 31.2. The molecule has 0 unspecified atom stereocenters. The number of nitrogens with one attached hydrogen (secondary N) is 2. The Morgan fingerprint density at radius 3 is 2.37 bits per heavy atom. The third-order valence-corrected chi connectivity index (χ3v) is 7.09. The number of hydrogen-bond donors (Lipinski definition) is 2. The first-order chi connectivity index (χ1) is 20.8. The van der Waals surface area contributed by atoms with E-state index in [4.69, 9.17) is 25.8 Å². The van der Waals surface area contributed by atoms with E-state index in [1.807, 2.05) is 55.4 Å². The van der Waals surface area contributed by atoms with E-state index in [-0.39, 0.29) is 5.75 Å². The molecule has 9 nitrogen and oxygen atoms in total. The molecule has 43 heavy (non-hydrogen) atoms. The Morgan fingerprint density at radius 2 is 1.67 bits per heavy atom. The lowest BCUT2D eigenvalue weighted by Crippen LogP contribution is -2.19. The Morgan fingerprint density at radius 1 is 0.907 bits per heavy atom. The van der Waals surface area contributed by atoms with Crippen LogP contribution in [0.3, 0.4) is 0 Å². The normalized spacial score (nSPS) is 11.0. The average Bonchev–Trinajstić information content (AvgIpc) is 3.40. The first-order valence-electron chi connectivity index (χ1n) is 13.2. The van der Waals surface area contributed by atoms with Gasteiger partial charge in [-0.2, -0.15) is 5.10 Å². The lowest BCUT2D eigenvalue weighted by atomic mass is 10.0. The van der Waals surface area contributed by atoms with Crippen molar-refractivity contribution in [3.8, 4) is 28.4 Å². The minimum absolute atomic E-state index is 0.240. The zero-order valence-electron chi connectivity index (χ0n) is 24.0. The molecule has 0 radical (unpaired) electrons.